The third kappa shape index (κ3) is 2.09. The van der Waals surface area contributed by atoms with Gasteiger partial charge in [0.2, 0.25) is 5.91 Å². The molecule has 20 heavy (non-hydrogen) atoms. The molecule has 0 radical (unpaired) electrons. The fourth-order valence-electron chi connectivity index (χ4n) is 2.70. The number of nitrogens with one attached hydrogen (secondary N) is 2. The Kier molecular flexibility index (Phi) is 2.68. The highest BCUT2D eigenvalue weighted by molar-refractivity contribution is 5.97. The van der Waals surface area contributed by atoms with E-state index < -0.39 is 5.41 Å². The zero-order chi connectivity index (χ0) is 14.5. The molecule has 1 aromatic carbocycles. The Morgan fingerprint density at radius 1 is 1.35 bits per heavy atom. The molecule has 0 aliphatic heterocycles. The summed E-state index contributed by atoms with van der Waals surface area (Å²) in [6.45, 7) is 5.93. The van der Waals surface area contributed by atoms with E-state index in [4.69, 9.17) is 0 Å². The molecule has 4 heteroatoms. The number of hydrogen-bond donors (Lipinski definition) is 2. The molecule has 1 aromatic heterocycles. The van der Waals surface area contributed by atoms with Crippen molar-refractivity contribution in [1.29, 1.82) is 0 Å². The minimum absolute atomic E-state index is 0.0650. The van der Waals surface area contributed by atoms with Crippen molar-refractivity contribution in [2.75, 3.05) is 0 Å². The number of hydrogen-bond acceptors (Lipinski definition) is 1. The monoisotopic (exact) mass is 274 g/mol. The molecule has 0 atom stereocenters. The molecule has 0 bridgehead atoms. The van der Waals surface area contributed by atoms with Gasteiger partial charge in [-0.15, -0.1) is 0 Å². The van der Waals surface area contributed by atoms with Gasteiger partial charge >= 0.3 is 0 Å². The molecule has 1 amide bonds. The highest BCUT2D eigenvalue weighted by Gasteiger charge is 2.53. The quantitative estimate of drug-likeness (QED) is 0.867. The van der Waals surface area contributed by atoms with Gasteiger partial charge in [0.15, 0.2) is 0 Å². The van der Waals surface area contributed by atoms with Crippen molar-refractivity contribution in [3.05, 3.63) is 35.8 Å². The van der Waals surface area contributed by atoms with Crippen LogP contribution < -0.4 is 5.32 Å². The Hall–Kier alpha value is -1.84. The average molecular weight is 274 g/mol. The number of benzene rings is 1. The van der Waals surface area contributed by atoms with Crippen molar-refractivity contribution in [3.8, 4) is 0 Å². The van der Waals surface area contributed by atoms with Crippen LogP contribution in [0.2, 0.25) is 0 Å². The number of H-pyrrole nitrogens is 1. The second-order valence-corrected chi connectivity index (χ2v) is 6.68. The largest absolute Gasteiger partial charge is 0.361 e. The molecule has 0 unspecified atom stereocenters. The topological polar surface area (TPSA) is 44.9 Å². The Morgan fingerprint density at radius 3 is 2.65 bits per heavy atom. The summed E-state index contributed by atoms with van der Waals surface area (Å²) < 4.78 is 13.2. The van der Waals surface area contributed by atoms with E-state index in [-0.39, 0.29) is 17.3 Å². The van der Waals surface area contributed by atoms with Crippen molar-refractivity contribution in [1.82, 2.24) is 10.3 Å². The van der Waals surface area contributed by atoms with Gasteiger partial charge in [0.05, 0.1) is 5.41 Å². The maximum absolute atomic E-state index is 13.2. The molecule has 1 saturated carbocycles. The smallest absolute Gasteiger partial charge is 0.231 e. The number of rotatable bonds is 2. The number of fused-ring (bicyclic) bond motifs is 1. The van der Waals surface area contributed by atoms with Gasteiger partial charge in [-0.05, 0) is 57.4 Å². The number of halogens is 1. The van der Waals surface area contributed by atoms with E-state index in [1.165, 1.54) is 12.1 Å². The zero-order valence-corrected chi connectivity index (χ0v) is 12.0. The van der Waals surface area contributed by atoms with Crippen LogP contribution in [0.25, 0.3) is 10.9 Å². The molecular formula is C16H19FN2O. The molecule has 2 aromatic rings. The van der Waals surface area contributed by atoms with Crippen LogP contribution in [0.3, 0.4) is 0 Å². The molecule has 2 N–H and O–H groups in total. The summed E-state index contributed by atoms with van der Waals surface area (Å²) in [5.74, 6) is -0.204. The maximum atomic E-state index is 13.2. The van der Waals surface area contributed by atoms with Crippen LogP contribution in [0.5, 0.6) is 0 Å². The number of carbonyl (C=O) groups excluding carboxylic acids is 1. The molecule has 106 valence electrons. The van der Waals surface area contributed by atoms with E-state index in [9.17, 15) is 9.18 Å². The van der Waals surface area contributed by atoms with E-state index in [0.717, 1.165) is 29.3 Å². The molecule has 3 nitrogen and oxygen atoms in total. The van der Waals surface area contributed by atoms with Crippen LogP contribution in [-0.4, -0.2) is 16.4 Å². The fraction of sp³-hybridized carbons (Fsp3) is 0.438. The maximum Gasteiger partial charge on any atom is 0.231 e. The zero-order valence-electron chi connectivity index (χ0n) is 12.0. The van der Waals surface area contributed by atoms with E-state index in [2.05, 4.69) is 10.3 Å². The molecule has 1 aliphatic rings. The lowest BCUT2D eigenvalue weighted by atomic mass is 9.93. The Balaban J connectivity index is 2.00. The second kappa shape index (κ2) is 4.08. The molecule has 0 saturated heterocycles. The van der Waals surface area contributed by atoms with E-state index in [1.54, 1.807) is 6.07 Å². The van der Waals surface area contributed by atoms with Crippen molar-refractivity contribution in [2.24, 2.45) is 0 Å². The first kappa shape index (κ1) is 13.2. The summed E-state index contributed by atoms with van der Waals surface area (Å²) in [5.41, 5.74) is 1.04. The summed E-state index contributed by atoms with van der Waals surface area (Å²) in [5, 5.41) is 4.00. The number of aromatic nitrogens is 1. The SMILES string of the molecule is CC(C)(C)NC(=O)C1(c2c[nH]c3cc(F)ccc23)CC1. The summed E-state index contributed by atoms with van der Waals surface area (Å²) in [6.07, 6.45) is 3.54. The summed E-state index contributed by atoms with van der Waals surface area (Å²) >= 11 is 0. The lowest BCUT2D eigenvalue weighted by Crippen LogP contribution is -2.45. The van der Waals surface area contributed by atoms with Crippen LogP contribution >= 0.6 is 0 Å². The van der Waals surface area contributed by atoms with Crippen LogP contribution in [0.4, 0.5) is 4.39 Å². The van der Waals surface area contributed by atoms with Gasteiger partial charge < -0.3 is 10.3 Å². The standard InChI is InChI=1S/C16H19FN2O/c1-15(2,3)19-14(20)16(6-7-16)12-9-18-13-8-10(17)4-5-11(12)13/h4-5,8-9,18H,6-7H2,1-3H3,(H,19,20). The molecule has 0 spiro atoms. The van der Waals surface area contributed by atoms with Crippen LogP contribution in [-0.2, 0) is 10.2 Å². The van der Waals surface area contributed by atoms with Crippen LogP contribution in [0, 0.1) is 5.82 Å². The molecule has 1 aliphatic carbocycles. The Morgan fingerprint density at radius 2 is 2.05 bits per heavy atom. The van der Waals surface area contributed by atoms with Gasteiger partial charge in [-0.3, -0.25) is 4.79 Å². The van der Waals surface area contributed by atoms with E-state index >= 15 is 0 Å². The Bertz CT molecular complexity index is 677. The Labute approximate surface area is 117 Å². The summed E-state index contributed by atoms with van der Waals surface area (Å²) in [6, 6.07) is 4.66. The predicted molar refractivity (Wildman–Crippen MR) is 77.1 cm³/mol. The van der Waals surface area contributed by atoms with Gasteiger partial charge in [0.25, 0.3) is 0 Å². The minimum atomic E-state index is -0.441. The highest BCUT2D eigenvalue weighted by atomic mass is 19.1. The van der Waals surface area contributed by atoms with Crippen LogP contribution in [0.15, 0.2) is 24.4 Å². The molecule has 1 fully saturated rings. The van der Waals surface area contributed by atoms with E-state index in [0.29, 0.717) is 0 Å². The van der Waals surface area contributed by atoms with Gasteiger partial charge in [-0.25, -0.2) is 4.39 Å². The van der Waals surface area contributed by atoms with Gasteiger partial charge in [-0.1, -0.05) is 0 Å². The van der Waals surface area contributed by atoms with Gasteiger partial charge in [0.1, 0.15) is 5.82 Å². The third-order valence-corrected chi connectivity index (χ3v) is 3.83. The van der Waals surface area contributed by atoms with Crippen LogP contribution in [0.1, 0.15) is 39.2 Å². The molecule has 3 rings (SSSR count). The first-order valence-electron chi connectivity index (χ1n) is 6.92. The van der Waals surface area contributed by atoms with Gasteiger partial charge in [-0.2, -0.15) is 0 Å². The van der Waals surface area contributed by atoms with Gasteiger partial charge in [0, 0.05) is 22.6 Å². The minimum Gasteiger partial charge on any atom is -0.361 e. The highest BCUT2D eigenvalue weighted by Crippen LogP contribution is 2.50. The van der Waals surface area contributed by atoms with Crippen molar-refractivity contribution in [3.63, 3.8) is 0 Å². The second-order valence-electron chi connectivity index (χ2n) is 6.68. The number of carbonyl (C=O) groups is 1. The fourth-order valence-corrected chi connectivity index (χ4v) is 2.70. The first-order chi connectivity index (χ1) is 9.32. The molecular weight excluding hydrogens is 255 g/mol. The lowest BCUT2D eigenvalue weighted by Gasteiger charge is -2.24. The van der Waals surface area contributed by atoms with Crippen molar-refractivity contribution >= 4 is 16.8 Å². The molecule has 1 heterocycles. The third-order valence-electron chi connectivity index (χ3n) is 3.83. The lowest BCUT2D eigenvalue weighted by molar-refractivity contribution is -0.125. The summed E-state index contributed by atoms with van der Waals surface area (Å²) in [4.78, 5) is 15.6. The predicted octanol–water partition coefficient (Wildman–Crippen LogP) is 3.25. The number of amides is 1. The normalized spacial score (nSPS) is 17.2. The van der Waals surface area contributed by atoms with Crippen molar-refractivity contribution in [2.45, 2.75) is 44.6 Å². The average Bonchev–Trinajstić information content (AvgIpc) is 3.03. The number of aromatic amines is 1. The van der Waals surface area contributed by atoms with E-state index in [1.807, 2.05) is 27.0 Å². The summed E-state index contributed by atoms with van der Waals surface area (Å²) in [7, 11) is 0. The first-order valence-corrected chi connectivity index (χ1v) is 6.92. The van der Waals surface area contributed by atoms with Crippen molar-refractivity contribution < 1.29 is 9.18 Å².